The van der Waals surface area contributed by atoms with E-state index in [4.69, 9.17) is 4.74 Å². The fourth-order valence-electron chi connectivity index (χ4n) is 2.97. The minimum absolute atomic E-state index is 0.0411. The van der Waals surface area contributed by atoms with E-state index >= 15 is 0 Å². The lowest BCUT2D eigenvalue weighted by molar-refractivity contribution is -0.134. The van der Waals surface area contributed by atoms with Gasteiger partial charge in [0.05, 0.1) is 0 Å². The minimum atomic E-state index is -3.45. The van der Waals surface area contributed by atoms with Crippen LogP contribution in [0.2, 0.25) is 0 Å². The van der Waals surface area contributed by atoms with Gasteiger partial charge in [0.1, 0.15) is 9.96 Å². The number of hydrogen-bond donors (Lipinski definition) is 0. The number of rotatable bonds is 5. The van der Waals surface area contributed by atoms with Crippen LogP contribution in [0.15, 0.2) is 39.9 Å². The molecule has 0 N–H and O–H groups in total. The van der Waals surface area contributed by atoms with E-state index in [0.717, 1.165) is 11.1 Å². The minimum Gasteiger partial charge on any atom is -0.484 e. The summed E-state index contributed by atoms with van der Waals surface area (Å²) in [5.41, 5.74) is 2.17. The van der Waals surface area contributed by atoms with E-state index in [1.54, 1.807) is 22.4 Å². The van der Waals surface area contributed by atoms with Gasteiger partial charge in [-0.2, -0.15) is 4.31 Å². The van der Waals surface area contributed by atoms with Crippen LogP contribution in [0.25, 0.3) is 0 Å². The molecule has 3 rings (SSSR count). The highest BCUT2D eigenvalue weighted by Crippen LogP contribution is 2.22. The predicted octanol–water partition coefficient (Wildman–Crippen LogP) is 2.28. The monoisotopic (exact) mass is 394 g/mol. The van der Waals surface area contributed by atoms with Gasteiger partial charge in [-0.15, -0.1) is 11.3 Å². The molecule has 2 heterocycles. The molecule has 0 bridgehead atoms. The van der Waals surface area contributed by atoms with Crippen molar-refractivity contribution in [3.63, 3.8) is 0 Å². The summed E-state index contributed by atoms with van der Waals surface area (Å²) in [4.78, 5) is 14.0. The van der Waals surface area contributed by atoms with Gasteiger partial charge in [-0.25, -0.2) is 8.42 Å². The Labute approximate surface area is 158 Å². The Morgan fingerprint density at radius 3 is 2.35 bits per heavy atom. The van der Waals surface area contributed by atoms with Gasteiger partial charge < -0.3 is 9.64 Å². The second kappa shape index (κ2) is 7.77. The van der Waals surface area contributed by atoms with Crippen LogP contribution < -0.4 is 4.74 Å². The van der Waals surface area contributed by atoms with Crippen molar-refractivity contribution >= 4 is 27.3 Å². The summed E-state index contributed by atoms with van der Waals surface area (Å²) in [7, 11) is -3.45. The highest BCUT2D eigenvalue weighted by molar-refractivity contribution is 7.91. The van der Waals surface area contributed by atoms with Gasteiger partial charge in [0.15, 0.2) is 6.61 Å². The molecule has 2 aromatic rings. The van der Waals surface area contributed by atoms with Crippen molar-refractivity contribution < 1.29 is 17.9 Å². The zero-order chi connectivity index (χ0) is 18.7. The number of amides is 1. The molecule has 1 amide bonds. The standard InChI is InChI=1S/C18H22N2O4S2/c1-14-10-15(2)12-16(11-14)24-13-17(21)19-5-7-20(8-6-19)26(22,23)18-4-3-9-25-18/h3-4,9-12H,5-8,13H2,1-2H3. The van der Waals surface area contributed by atoms with E-state index < -0.39 is 10.0 Å². The van der Waals surface area contributed by atoms with Gasteiger partial charge in [0, 0.05) is 26.2 Å². The molecule has 1 aliphatic rings. The van der Waals surface area contributed by atoms with E-state index in [1.165, 1.54) is 15.6 Å². The highest BCUT2D eigenvalue weighted by atomic mass is 32.2. The summed E-state index contributed by atoms with van der Waals surface area (Å²) in [5.74, 6) is 0.548. The third kappa shape index (κ3) is 4.25. The van der Waals surface area contributed by atoms with Crippen molar-refractivity contribution in [1.29, 1.82) is 0 Å². The third-order valence-corrected chi connectivity index (χ3v) is 7.51. The quantitative estimate of drug-likeness (QED) is 0.780. The average Bonchev–Trinajstić information content (AvgIpc) is 3.14. The number of sulfonamides is 1. The number of nitrogens with zero attached hydrogens (tertiary/aromatic N) is 2. The molecule has 1 fully saturated rings. The lowest BCUT2D eigenvalue weighted by atomic mass is 10.1. The van der Waals surface area contributed by atoms with Crippen molar-refractivity contribution in [1.82, 2.24) is 9.21 Å². The third-order valence-electron chi connectivity index (χ3n) is 4.24. The first kappa shape index (κ1) is 18.9. The number of ether oxygens (including phenoxy) is 1. The Bertz CT molecular complexity index is 850. The summed E-state index contributed by atoms with van der Waals surface area (Å²) in [5, 5.41) is 1.75. The smallest absolute Gasteiger partial charge is 0.260 e. The molecule has 0 atom stereocenters. The lowest BCUT2D eigenvalue weighted by Crippen LogP contribution is -2.51. The average molecular weight is 395 g/mol. The Balaban J connectivity index is 1.54. The Morgan fingerprint density at radius 1 is 1.12 bits per heavy atom. The lowest BCUT2D eigenvalue weighted by Gasteiger charge is -2.33. The van der Waals surface area contributed by atoms with Crippen molar-refractivity contribution in [2.24, 2.45) is 0 Å². The number of carbonyl (C=O) groups excluding carboxylic acids is 1. The van der Waals surface area contributed by atoms with Crippen molar-refractivity contribution in [2.75, 3.05) is 32.8 Å². The van der Waals surface area contributed by atoms with E-state index in [1.807, 2.05) is 32.0 Å². The molecule has 1 aliphatic heterocycles. The molecular formula is C18H22N2O4S2. The normalized spacial score (nSPS) is 15.8. The van der Waals surface area contributed by atoms with E-state index in [9.17, 15) is 13.2 Å². The van der Waals surface area contributed by atoms with Gasteiger partial charge in [0.2, 0.25) is 0 Å². The summed E-state index contributed by atoms with van der Waals surface area (Å²) in [6.07, 6.45) is 0. The zero-order valence-corrected chi connectivity index (χ0v) is 16.5. The summed E-state index contributed by atoms with van der Waals surface area (Å²) >= 11 is 1.21. The Kier molecular flexibility index (Phi) is 5.64. The molecule has 1 aromatic carbocycles. The van der Waals surface area contributed by atoms with Crippen LogP contribution in [-0.4, -0.2) is 56.3 Å². The molecule has 26 heavy (non-hydrogen) atoms. The van der Waals surface area contributed by atoms with Crippen LogP contribution in [0.5, 0.6) is 5.75 Å². The van der Waals surface area contributed by atoms with E-state index in [2.05, 4.69) is 0 Å². The maximum atomic E-state index is 12.5. The maximum absolute atomic E-state index is 12.5. The fourth-order valence-corrected chi connectivity index (χ4v) is 5.53. The van der Waals surface area contributed by atoms with Crippen LogP contribution in [0, 0.1) is 13.8 Å². The SMILES string of the molecule is Cc1cc(C)cc(OCC(=O)N2CCN(S(=O)(=O)c3cccs3)CC2)c1. The van der Waals surface area contributed by atoms with Gasteiger partial charge >= 0.3 is 0 Å². The van der Waals surface area contributed by atoms with Crippen molar-refractivity contribution in [3.05, 3.63) is 46.8 Å². The van der Waals surface area contributed by atoms with Crippen LogP contribution >= 0.6 is 11.3 Å². The second-order valence-electron chi connectivity index (χ2n) is 6.33. The van der Waals surface area contributed by atoms with E-state index in [-0.39, 0.29) is 12.5 Å². The zero-order valence-electron chi connectivity index (χ0n) is 14.8. The van der Waals surface area contributed by atoms with Crippen LogP contribution in [0.4, 0.5) is 0 Å². The molecule has 140 valence electrons. The Morgan fingerprint density at radius 2 is 1.77 bits per heavy atom. The molecular weight excluding hydrogens is 372 g/mol. The largest absolute Gasteiger partial charge is 0.484 e. The first-order valence-corrected chi connectivity index (χ1v) is 10.7. The molecule has 1 aromatic heterocycles. The number of aryl methyl sites for hydroxylation is 2. The molecule has 0 radical (unpaired) electrons. The van der Waals surface area contributed by atoms with Crippen LogP contribution in [-0.2, 0) is 14.8 Å². The molecule has 1 saturated heterocycles. The fraction of sp³-hybridized carbons (Fsp3) is 0.389. The maximum Gasteiger partial charge on any atom is 0.260 e. The number of piperazine rings is 1. The van der Waals surface area contributed by atoms with Gasteiger partial charge in [-0.05, 0) is 48.6 Å². The number of thiophene rings is 1. The van der Waals surface area contributed by atoms with Crippen LogP contribution in [0.1, 0.15) is 11.1 Å². The topological polar surface area (TPSA) is 66.9 Å². The van der Waals surface area contributed by atoms with Gasteiger partial charge in [-0.1, -0.05) is 12.1 Å². The molecule has 0 unspecified atom stereocenters. The molecule has 0 saturated carbocycles. The van der Waals surface area contributed by atoms with Crippen molar-refractivity contribution in [2.45, 2.75) is 18.1 Å². The number of carbonyl (C=O) groups is 1. The first-order valence-electron chi connectivity index (χ1n) is 8.39. The molecule has 6 nitrogen and oxygen atoms in total. The predicted molar refractivity (Wildman–Crippen MR) is 101 cm³/mol. The highest BCUT2D eigenvalue weighted by Gasteiger charge is 2.30. The molecule has 0 spiro atoms. The second-order valence-corrected chi connectivity index (χ2v) is 9.44. The summed E-state index contributed by atoms with van der Waals surface area (Å²) in [6.45, 7) is 5.27. The van der Waals surface area contributed by atoms with Crippen LogP contribution in [0.3, 0.4) is 0 Å². The van der Waals surface area contributed by atoms with Gasteiger partial charge in [-0.3, -0.25) is 4.79 Å². The molecule has 0 aliphatic carbocycles. The van der Waals surface area contributed by atoms with E-state index in [0.29, 0.717) is 36.1 Å². The van der Waals surface area contributed by atoms with Crippen molar-refractivity contribution in [3.8, 4) is 5.75 Å². The van der Waals surface area contributed by atoms with Gasteiger partial charge in [0.25, 0.3) is 15.9 Å². The number of hydrogen-bond acceptors (Lipinski definition) is 5. The Hall–Kier alpha value is -1.90. The summed E-state index contributed by atoms with van der Waals surface area (Å²) in [6, 6.07) is 9.16. The summed E-state index contributed by atoms with van der Waals surface area (Å²) < 4.78 is 32.4. The number of benzene rings is 1. The first-order chi connectivity index (χ1) is 12.4. The molecule has 8 heteroatoms.